The fourth-order valence-corrected chi connectivity index (χ4v) is 3.11. The van der Waals surface area contributed by atoms with Gasteiger partial charge in [-0.25, -0.2) is 0 Å². The number of halogens is 1. The lowest BCUT2D eigenvalue weighted by atomic mass is 10.2. The van der Waals surface area contributed by atoms with E-state index in [1.165, 1.54) is 16.0 Å². The summed E-state index contributed by atoms with van der Waals surface area (Å²) in [6.45, 7) is 4.23. The molecule has 1 nitrogen and oxygen atoms in total. The monoisotopic (exact) mass is 307 g/mol. The predicted octanol–water partition coefficient (Wildman–Crippen LogP) is 4.80. The van der Waals surface area contributed by atoms with E-state index in [4.69, 9.17) is 5.73 Å². The lowest BCUT2D eigenvalue weighted by Crippen LogP contribution is -1.89. The van der Waals surface area contributed by atoms with Crippen molar-refractivity contribution in [2.24, 2.45) is 0 Å². The van der Waals surface area contributed by atoms with Gasteiger partial charge >= 0.3 is 0 Å². The SMILES string of the molecule is Cc1ccc(Sc2cc(Br)ccc2N)c(C)c1. The summed E-state index contributed by atoms with van der Waals surface area (Å²) in [5.41, 5.74) is 9.37. The van der Waals surface area contributed by atoms with E-state index < -0.39 is 0 Å². The van der Waals surface area contributed by atoms with Gasteiger partial charge < -0.3 is 5.73 Å². The van der Waals surface area contributed by atoms with E-state index in [1.807, 2.05) is 12.1 Å². The molecule has 2 rings (SSSR count). The summed E-state index contributed by atoms with van der Waals surface area (Å²) in [5.74, 6) is 0. The van der Waals surface area contributed by atoms with Crippen LogP contribution in [-0.4, -0.2) is 0 Å². The number of rotatable bonds is 2. The van der Waals surface area contributed by atoms with Crippen molar-refractivity contribution in [2.75, 3.05) is 5.73 Å². The molecule has 0 aliphatic heterocycles. The highest BCUT2D eigenvalue weighted by atomic mass is 79.9. The van der Waals surface area contributed by atoms with Crippen molar-refractivity contribution in [3.05, 3.63) is 52.0 Å². The van der Waals surface area contributed by atoms with Crippen molar-refractivity contribution in [1.29, 1.82) is 0 Å². The van der Waals surface area contributed by atoms with Crippen LogP contribution < -0.4 is 5.73 Å². The van der Waals surface area contributed by atoms with Gasteiger partial charge in [0.05, 0.1) is 0 Å². The molecular weight excluding hydrogens is 294 g/mol. The minimum atomic E-state index is 0.818. The molecule has 0 radical (unpaired) electrons. The topological polar surface area (TPSA) is 26.0 Å². The molecule has 0 unspecified atom stereocenters. The first-order valence-electron chi connectivity index (χ1n) is 5.36. The number of anilines is 1. The lowest BCUT2D eigenvalue weighted by Gasteiger charge is -2.09. The molecular formula is C14H14BrNS. The van der Waals surface area contributed by atoms with Gasteiger partial charge in [-0.15, -0.1) is 0 Å². The fraction of sp³-hybridized carbons (Fsp3) is 0.143. The van der Waals surface area contributed by atoms with Crippen LogP contribution in [-0.2, 0) is 0 Å². The predicted molar refractivity (Wildman–Crippen MR) is 78.6 cm³/mol. The van der Waals surface area contributed by atoms with Gasteiger partial charge in [0.1, 0.15) is 0 Å². The van der Waals surface area contributed by atoms with E-state index in [0.717, 1.165) is 15.1 Å². The second-order valence-electron chi connectivity index (χ2n) is 4.05. The van der Waals surface area contributed by atoms with Gasteiger partial charge in [0.2, 0.25) is 0 Å². The van der Waals surface area contributed by atoms with Crippen LogP contribution in [0.25, 0.3) is 0 Å². The van der Waals surface area contributed by atoms with Crippen LogP contribution in [0.15, 0.2) is 50.7 Å². The van der Waals surface area contributed by atoms with Gasteiger partial charge in [-0.3, -0.25) is 0 Å². The van der Waals surface area contributed by atoms with Crippen molar-refractivity contribution >= 4 is 33.4 Å². The smallest absolute Gasteiger partial charge is 0.0456 e. The molecule has 0 amide bonds. The van der Waals surface area contributed by atoms with E-state index in [-0.39, 0.29) is 0 Å². The molecule has 3 heteroatoms. The third-order valence-electron chi connectivity index (χ3n) is 2.53. The zero-order chi connectivity index (χ0) is 12.4. The van der Waals surface area contributed by atoms with Crippen LogP contribution in [0, 0.1) is 13.8 Å². The molecule has 0 fully saturated rings. The largest absolute Gasteiger partial charge is 0.398 e. The van der Waals surface area contributed by atoms with Crippen molar-refractivity contribution in [3.63, 3.8) is 0 Å². The molecule has 2 N–H and O–H groups in total. The van der Waals surface area contributed by atoms with Crippen LogP contribution in [0.1, 0.15) is 11.1 Å². The zero-order valence-corrected chi connectivity index (χ0v) is 12.2. The summed E-state index contributed by atoms with van der Waals surface area (Å²) < 4.78 is 1.05. The average molecular weight is 308 g/mol. The summed E-state index contributed by atoms with van der Waals surface area (Å²) in [7, 11) is 0. The summed E-state index contributed by atoms with van der Waals surface area (Å²) in [6, 6.07) is 12.4. The average Bonchev–Trinajstić information content (AvgIpc) is 2.27. The van der Waals surface area contributed by atoms with Gasteiger partial charge in [0, 0.05) is 20.0 Å². The Labute approximate surface area is 115 Å². The van der Waals surface area contributed by atoms with Crippen molar-refractivity contribution < 1.29 is 0 Å². The molecule has 0 aliphatic rings. The van der Waals surface area contributed by atoms with Gasteiger partial charge in [-0.2, -0.15) is 0 Å². The molecule has 0 bridgehead atoms. The Morgan fingerprint density at radius 2 is 1.76 bits per heavy atom. The van der Waals surface area contributed by atoms with Crippen LogP contribution in [0.4, 0.5) is 5.69 Å². The first-order chi connectivity index (χ1) is 8.06. The summed E-state index contributed by atoms with van der Waals surface area (Å²) >= 11 is 5.18. The highest BCUT2D eigenvalue weighted by molar-refractivity contribution is 9.10. The molecule has 2 aromatic carbocycles. The second kappa shape index (κ2) is 5.15. The zero-order valence-electron chi connectivity index (χ0n) is 9.83. The summed E-state index contributed by atoms with van der Waals surface area (Å²) in [4.78, 5) is 2.34. The lowest BCUT2D eigenvalue weighted by molar-refractivity contribution is 1.26. The normalized spacial score (nSPS) is 10.5. The van der Waals surface area contributed by atoms with Crippen LogP contribution in [0.3, 0.4) is 0 Å². The maximum absolute atomic E-state index is 5.98. The fourth-order valence-electron chi connectivity index (χ4n) is 1.63. The van der Waals surface area contributed by atoms with E-state index >= 15 is 0 Å². The molecule has 17 heavy (non-hydrogen) atoms. The van der Waals surface area contributed by atoms with Crippen molar-refractivity contribution in [3.8, 4) is 0 Å². The van der Waals surface area contributed by atoms with E-state index in [9.17, 15) is 0 Å². The highest BCUT2D eigenvalue weighted by Crippen LogP contribution is 2.35. The Kier molecular flexibility index (Phi) is 3.79. The Balaban J connectivity index is 2.34. The molecule has 0 saturated heterocycles. The number of aryl methyl sites for hydroxylation is 2. The molecule has 0 heterocycles. The van der Waals surface area contributed by atoms with Crippen LogP contribution in [0.2, 0.25) is 0 Å². The first-order valence-corrected chi connectivity index (χ1v) is 6.97. The number of nitrogens with two attached hydrogens (primary N) is 1. The summed E-state index contributed by atoms with van der Waals surface area (Å²) in [6.07, 6.45) is 0. The molecule has 0 spiro atoms. The van der Waals surface area contributed by atoms with Gasteiger partial charge in [-0.05, 0) is 43.7 Å². The standard InChI is InChI=1S/C14H14BrNS/c1-9-3-6-13(10(2)7-9)17-14-8-11(15)4-5-12(14)16/h3-8H,16H2,1-2H3. The van der Waals surface area contributed by atoms with E-state index in [2.05, 4.69) is 54.0 Å². The Bertz CT molecular complexity index is 552. The molecule has 88 valence electrons. The van der Waals surface area contributed by atoms with E-state index in [0.29, 0.717) is 0 Å². The van der Waals surface area contributed by atoms with Crippen LogP contribution in [0.5, 0.6) is 0 Å². The Morgan fingerprint density at radius 3 is 2.47 bits per heavy atom. The summed E-state index contributed by atoms with van der Waals surface area (Å²) in [5, 5.41) is 0. The second-order valence-corrected chi connectivity index (χ2v) is 6.05. The van der Waals surface area contributed by atoms with Crippen LogP contribution >= 0.6 is 27.7 Å². The number of hydrogen-bond donors (Lipinski definition) is 1. The maximum Gasteiger partial charge on any atom is 0.0456 e. The molecule has 0 saturated carbocycles. The molecule has 0 atom stereocenters. The van der Waals surface area contributed by atoms with Gasteiger partial charge in [0.15, 0.2) is 0 Å². The minimum absolute atomic E-state index is 0.818. The number of hydrogen-bond acceptors (Lipinski definition) is 2. The first kappa shape index (κ1) is 12.5. The molecule has 2 aromatic rings. The molecule has 0 aromatic heterocycles. The Hall–Kier alpha value is -0.930. The number of benzene rings is 2. The number of nitrogen functional groups attached to an aromatic ring is 1. The van der Waals surface area contributed by atoms with Crippen molar-refractivity contribution in [1.82, 2.24) is 0 Å². The molecule has 0 aliphatic carbocycles. The maximum atomic E-state index is 5.98. The van der Waals surface area contributed by atoms with Crippen molar-refractivity contribution in [2.45, 2.75) is 23.6 Å². The van der Waals surface area contributed by atoms with Gasteiger partial charge in [0.25, 0.3) is 0 Å². The third kappa shape index (κ3) is 3.05. The third-order valence-corrected chi connectivity index (χ3v) is 4.27. The Morgan fingerprint density at radius 1 is 1.00 bits per heavy atom. The minimum Gasteiger partial charge on any atom is -0.398 e. The van der Waals surface area contributed by atoms with Gasteiger partial charge in [-0.1, -0.05) is 45.4 Å². The van der Waals surface area contributed by atoms with E-state index in [1.54, 1.807) is 11.8 Å². The highest BCUT2D eigenvalue weighted by Gasteiger charge is 2.05. The quantitative estimate of drug-likeness (QED) is 0.807.